The van der Waals surface area contributed by atoms with Crippen molar-refractivity contribution in [3.05, 3.63) is 29.8 Å². The van der Waals surface area contributed by atoms with E-state index in [0.717, 1.165) is 42.9 Å². The Morgan fingerprint density at radius 1 is 1.39 bits per heavy atom. The zero-order valence-electron chi connectivity index (χ0n) is 13.7. The Balaban J connectivity index is 0.00000192. The van der Waals surface area contributed by atoms with E-state index in [1.807, 2.05) is 24.3 Å². The molecule has 0 radical (unpaired) electrons. The summed E-state index contributed by atoms with van der Waals surface area (Å²) in [6, 6.07) is 7.87. The second-order valence-corrected chi connectivity index (χ2v) is 7.02. The van der Waals surface area contributed by atoms with Crippen LogP contribution in [-0.2, 0) is 16.1 Å². The van der Waals surface area contributed by atoms with Gasteiger partial charge in [0, 0.05) is 5.69 Å². The maximum atomic E-state index is 12.0. The number of rotatable bonds is 5. The van der Waals surface area contributed by atoms with Gasteiger partial charge in [0.25, 0.3) is 0 Å². The molecule has 5 heteroatoms. The van der Waals surface area contributed by atoms with Gasteiger partial charge in [-0.15, -0.1) is 12.4 Å². The Morgan fingerprint density at radius 2 is 2.17 bits per heavy atom. The van der Waals surface area contributed by atoms with Gasteiger partial charge >= 0.3 is 0 Å². The second kappa shape index (κ2) is 7.65. The highest BCUT2D eigenvalue weighted by Gasteiger charge is 2.45. The second-order valence-electron chi connectivity index (χ2n) is 7.02. The molecule has 2 atom stereocenters. The third-order valence-corrected chi connectivity index (χ3v) is 4.80. The normalized spacial score (nSPS) is 25.3. The van der Waals surface area contributed by atoms with Gasteiger partial charge in [0.05, 0.1) is 18.2 Å². The first-order valence-corrected chi connectivity index (χ1v) is 8.36. The van der Waals surface area contributed by atoms with Crippen molar-refractivity contribution >= 4 is 24.0 Å². The van der Waals surface area contributed by atoms with Crippen LogP contribution in [0, 0.1) is 5.92 Å². The van der Waals surface area contributed by atoms with Crippen LogP contribution < -0.4 is 11.1 Å². The Labute approximate surface area is 144 Å². The van der Waals surface area contributed by atoms with Crippen LogP contribution >= 0.6 is 12.4 Å². The molecule has 0 aromatic heterocycles. The first-order valence-electron chi connectivity index (χ1n) is 8.36. The van der Waals surface area contributed by atoms with Crippen molar-refractivity contribution in [2.24, 2.45) is 11.7 Å². The molecule has 2 unspecified atom stereocenters. The van der Waals surface area contributed by atoms with Crippen LogP contribution in [0.1, 0.15) is 51.0 Å². The summed E-state index contributed by atoms with van der Waals surface area (Å²) in [5.74, 6) is 0.690. The highest BCUT2D eigenvalue weighted by atomic mass is 35.5. The lowest BCUT2D eigenvalue weighted by Gasteiger charge is -2.26. The van der Waals surface area contributed by atoms with Crippen molar-refractivity contribution in [1.82, 2.24) is 0 Å². The molecule has 1 aromatic carbocycles. The molecule has 2 fully saturated rings. The summed E-state index contributed by atoms with van der Waals surface area (Å²) < 4.78 is 6.04. The van der Waals surface area contributed by atoms with Crippen LogP contribution in [0.15, 0.2) is 24.3 Å². The van der Waals surface area contributed by atoms with E-state index in [1.165, 1.54) is 12.8 Å². The van der Waals surface area contributed by atoms with Gasteiger partial charge in [-0.25, -0.2) is 0 Å². The Bertz CT molecular complexity index is 546. The van der Waals surface area contributed by atoms with Crippen LogP contribution in [-0.4, -0.2) is 17.6 Å². The molecule has 0 saturated heterocycles. The summed E-state index contributed by atoms with van der Waals surface area (Å²) >= 11 is 0. The summed E-state index contributed by atoms with van der Waals surface area (Å²) in [5.41, 5.74) is 7.17. The van der Waals surface area contributed by atoms with E-state index in [-0.39, 0.29) is 18.3 Å². The average Bonchev–Trinajstić information content (AvgIpc) is 3.25. The lowest BCUT2D eigenvalue weighted by Crippen LogP contribution is -2.37. The molecule has 0 aliphatic heterocycles. The number of hydrogen-bond acceptors (Lipinski definition) is 3. The Hall–Kier alpha value is -1.10. The molecule has 128 valence electrons. The SMILES string of the molecule is CC1CCCC(OCc2cccc(NC(=O)C3(N)CC3)c2)C1.Cl. The fraction of sp³-hybridized carbons (Fsp3) is 0.611. The maximum Gasteiger partial charge on any atom is 0.244 e. The lowest BCUT2D eigenvalue weighted by molar-refractivity contribution is -0.118. The van der Waals surface area contributed by atoms with E-state index < -0.39 is 5.54 Å². The fourth-order valence-corrected chi connectivity index (χ4v) is 3.10. The molecule has 0 heterocycles. The summed E-state index contributed by atoms with van der Waals surface area (Å²) in [7, 11) is 0. The van der Waals surface area contributed by atoms with E-state index in [0.29, 0.717) is 12.7 Å². The molecule has 2 aliphatic rings. The van der Waals surface area contributed by atoms with E-state index in [9.17, 15) is 4.79 Å². The van der Waals surface area contributed by atoms with Crippen LogP contribution in [0.25, 0.3) is 0 Å². The minimum Gasteiger partial charge on any atom is -0.374 e. The van der Waals surface area contributed by atoms with Gasteiger partial charge in [-0.1, -0.05) is 31.9 Å². The molecular weight excluding hydrogens is 312 g/mol. The molecule has 3 rings (SSSR count). The van der Waals surface area contributed by atoms with Gasteiger partial charge in [-0.2, -0.15) is 0 Å². The zero-order valence-corrected chi connectivity index (χ0v) is 14.5. The van der Waals surface area contributed by atoms with Crippen molar-refractivity contribution in [2.45, 2.75) is 63.7 Å². The third-order valence-electron chi connectivity index (χ3n) is 4.80. The van der Waals surface area contributed by atoms with Crippen LogP contribution in [0.4, 0.5) is 5.69 Å². The molecular formula is C18H27ClN2O2. The van der Waals surface area contributed by atoms with Crippen LogP contribution in [0.2, 0.25) is 0 Å². The summed E-state index contributed by atoms with van der Waals surface area (Å²) in [4.78, 5) is 12.0. The number of hydrogen-bond donors (Lipinski definition) is 2. The smallest absolute Gasteiger partial charge is 0.244 e. The predicted molar refractivity (Wildman–Crippen MR) is 94.7 cm³/mol. The monoisotopic (exact) mass is 338 g/mol. The fourth-order valence-electron chi connectivity index (χ4n) is 3.10. The summed E-state index contributed by atoms with van der Waals surface area (Å²) in [5, 5.41) is 2.91. The molecule has 2 saturated carbocycles. The molecule has 1 aromatic rings. The molecule has 0 spiro atoms. The van der Waals surface area contributed by atoms with Gasteiger partial charge in [-0.3, -0.25) is 4.79 Å². The van der Waals surface area contributed by atoms with Crippen molar-refractivity contribution in [3.63, 3.8) is 0 Å². The number of nitrogens with one attached hydrogen (secondary N) is 1. The van der Waals surface area contributed by atoms with E-state index in [4.69, 9.17) is 10.5 Å². The predicted octanol–water partition coefficient (Wildman–Crippen LogP) is 3.63. The average molecular weight is 339 g/mol. The molecule has 1 amide bonds. The topological polar surface area (TPSA) is 64.3 Å². The largest absolute Gasteiger partial charge is 0.374 e. The molecule has 2 aliphatic carbocycles. The number of carbonyl (C=O) groups is 1. The molecule has 3 N–H and O–H groups in total. The zero-order chi connectivity index (χ0) is 15.6. The van der Waals surface area contributed by atoms with E-state index >= 15 is 0 Å². The molecule has 0 bridgehead atoms. The quantitative estimate of drug-likeness (QED) is 0.861. The molecule has 23 heavy (non-hydrogen) atoms. The highest BCUT2D eigenvalue weighted by molar-refractivity contribution is 6.00. The van der Waals surface area contributed by atoms with Crippen LogP contribution in [0.5, 0.6) is 0 Å². The number of carbonyl (C=O) groups excluding carboxylic acids is 1. The van der Waals surface area contributed by atoms with Crippen molar-refractivity contribution in [2.75, 3.05) is 5.32 Å². The van der Waals surface area contributed by atoms with E-state index in [2.05, 4.69) is 12.2 Å². The van der Waals surface area contributed by atoms with Gasteiger partial charge in [-0.05, 0) is 49.3 Å². The summed E-state index contributed by atoms with van der Waals surface area (Å²) in [6.45, 7) is 2.90. The number of amides is 1. The van der Waals surface area contributed by atoms with Crippen molar-refractivity contribution < 1.29 is 9.53 Å². The Kier molecular flexibility index (Phi) is 6.06. The van der Waals surface area contributed by atoms with Crippen molar-refractivity contribution in [3.8, 4) is 0 Å². The van der Waals surface area contributed by atoms with Crippen LogP contribution in [0.3, 0.4) is 0 Å². The number of nitrogens with two attached hydrogens (primary N) is 1. The van der Waals surface area contributed by atoms with Gasteiger partial charge in [0.1, 0.15) is 0 Å². The number of ether oxygens (including phenoxy) is 1. The number of anilines is 1. The summed E-state index contributed by atoms with van der Waals surface area (Å²) in [6.07, 6.45) is 6.84. The van der Waals surface area contributed by atoms with Crippen molar-refractivity contribution in [1.29, 1.82) is 0 Å². The lowest BCUT2D eigenvalue weighted by atomic mass is 9.89. The first kappa shape index (κ1) is 18.2. The highest BCUT2D eigenvalue weighted by Crippen LogP contribution is 2.33. The Morgan fingerprint density at radius 3 is 2.87 bits per heavy atom. The third kappa shape index (κ3) is 4.93. The van der Waals surface area contributed by atoms with Gasteiger partial charge < -0.3 is 15.8 Å². The minimum atomic E-state index is -0.634. The minimum absolute atomic E-state index is 0. The maximum absolute atomic E-state index is 12.0. The number of benzene rings is 1. The van der Waals surface area contributed by atoms with Gasteiger partial charge in [0.2, 0.25) is 5.91 Å². The number of halogens is 1. The van der Waals surface area contributed by atoms with Gasteiger partial charge in [0.15, 0.2) is 0 Å². The first-order chi connectivity index (χ1) is 10.5. The molecule has 4 nitrogen and oxygen atoms in total. The standard InChI is InChI=1S/C18H26N2O2.ClH/c1-13-4-2-7-16(10-13)22-12-14-5-3-6-15(11-14)20-17(21)18(19)8-9-18;/h3,5-6,11,13,16H,2,4,7-10,12,19H2,1H3,(H,20,21);1H. The van der Waals surface area contributed by atoms with E-state index in [1.54, 1.807) is 0 Å².